The Labute approximate surface area is 203 Å². The van der Waals surface area contributed by atoms with Gasteiger partial charge in [-0.1, -0.05) is 100 Å². The van der Waals surface area contributed by atoms with Gasteiger partial charge >= 0.3 is 0 Å². The third-order valence-corrected chi connectivity index (χ3v) is 6.87. The van der Waals surface area contributed by atoms with E-state index in [1.54, 1.807) is 0 Å². The lowest BCUT2D eigenvalue weighted by Gasteiger charge is -2.17. The summed E-state index contributed by atoms with van der Waals surface area (Å²) in [5.41, 5.74) is 11.4. The Morgan fingerprint density at radius 2 is 0.971 bits per heavy atom. The SMILES string of the molecule is Cc1cccc(C)c1N=C1C(=Nc2c(C(C)C)cccc2C(C)C)c2cccc3cccc1c23. The standard InChI is InChI=1S/C32H32N2/c1-19(2)24-15-10-16-25(20(3)4)30(24)34-32-27-18-9-14-23-13-8-17-26(28(23)27)31(32)33-29-21(5)11-7-12-22(29)6/h7-20H,1-6H3. The molecule has 0 radical (unpaired) electrons. The molecule has 2 nitrogen and oxygen atoms in total. The third kappa shape index (κ3) is 3.68. The molecular weight excluding hydrogens is 412 g/mol. The van der Waals surface area contributed by atoms with Crippen LogP contribution in [0.4, 0.5) is 11.4 Å². The minimum Gasteiger partial charge on any atom is -0.246 e. The molecule has 4 aromatic carbocycles. The summed E-state index contributed by atoms with van der Waals surface area (Å²) >= 11 is 0. The van der Waals surface area contributed by atoms with Gasteiger partial charge in [-0.25, -0.2) is 9.98 Å². The number of nitrogens with zero attached hydrogens (tertiary/aromatic N) is 2. The average molecular weight is 445 g/mol. The Hall–Kier alpha value is -3.52. The van der Waals surface area contributed by atoms with Crippen molar-refractivity contribution in [1.82, 2.24) is 0 Å². The van der Waals surface area contributed by atoms with Crippen molar-refractivity contribution in [2.45, 2.75) is 53.4 Å². The predicted octanol–water partition coefficient (Wildman–Crippen LogP) is 8.96. The van der Waals surface area contributed by atoms with Crippen LogP contribution in [-0.4, -0.2) is 11.4 Å². The van der Waals surface area contributed by atoms with Crippen molar-refractivity contribution >= 4 is 33.6 Å². The van der Waals surface area contributed by atoms with Crippen LogP contribution >= 0.6 is 0 Å². The summed E-state index contributed by atoms with van der Waals surface area (Å²) in [4.78, 5) is 10.8. The van der Waals surface area contributed by atoms with Gasteiger partial charge in [0.15, 0.2) is 0 Å². The first-order valence-corrected chi connectivity index (χ1v) is 12.3. The van der Waals surface area contributed by atoms with E-state index in [0.29, 0.717) is 11.8 Å². The van der Waals surface area contributed by atoms with E-state index >= 15 is 0 Å². The first kappa shape index (κ1) is 22.3. The highest BCUT2D eigenvalue weighted by Gasteiger charge is 2.28. The predicted molar refractivity (Wildman–Crippen MR) is 147 cm³/mol. The van der Waals surface area contributed by atoms with E-state index in [1.807, 2.05) is 0 Å². The number of rotatable bonds is 4. The van der Waals surface area contributed by atoms with Gasteiger partial charge in [-0.3, -0.25) is 0 Å². The van der Waals surface area contributed by atoms with Crippen molar-refractivity contribution in [3.05, 3.63) is 106 Å². The maximum absolute atomic E-state index is 5.46. The molecule has 0 fully saturated rings. The molecule has 0 unspecified atom stereocenters. The smallest absolute Gasteiger partial charge is 0.0979 e. The second kappa shape index (κ2) is 8.68. The normalized spacial score (nSPS) is 15.4. The Balaban J connectivity index is 1.86. The summed E-state index contributed by atoms with van der Waals surface area (Å²) < 4.78 is 0. The molecule has 5 rings (SSSR count). The van der Waals surface area contributed by atoms with E-state index in [-0.39, 0.29) is 0 Å². The van der Waals surface area contributed by atoms with Crippen LogP contribution in [0.1, 0.15) is 72.9 Å². The molecule has 0 heterocycles. The van der Waals surface area contributed by atoms with Gasteiger partial charge in [0.2, 0.25) is 0 Å². The summed E-state index contributed by atoms with van der Waals surface area (Å²) in [7, 11) is 0. The summed E-state index contributed by atoms with van der Waals surface area (Å²) in [5.74, 6) is 0.772. The fraction of sp³-hybridized carbons (Fsp3) is 0.250. The fourth-order valence-corrected chi connectivity index (χ4v) is 5.06. The van der Waals surface area contributed by atoms with Gasteiger partial charge in [0, 0.05) is 16.5 Å². The number of benzene rings is 4. The molecule has 1 aliphatic rings. The van der Waals surface area contributed by atoms with Crippen LogP contribution in [-0.2, 0) is 0 Å². The van der Waals surface area contributed by atoms with E-state index in [4.69, 9.17) is 9.98 Å². The van der Waals surface area contributed by atoms with E-state index < -0.39 is 0 Å². The second-order valence-electron chi connectivity index (χ2n) is 9.96. The maximum Gasteiger partial charge on any atom is 0.0979 e. The van der Waals surface area contributed by atoms with Crippen LogP contribution < -0.4 is 0 Å². The zero-order chi connectivity index (χ0) is 24.0. The van der Waals surface area contributed by atoms with Gasteiger partial charge in [-0.15, -0.1) is 0 Å². The molecule has 0 N–H and O–H groups in total. The first-order valence-electron chi connectivity index (χ1n) is 12.3. The van der Waals surface area contributed by atoms with Gasteiger partial charge in [-0.05, 0) is 53.3 Å². The highest BCUT2D eigenvalue weighted by Crippen LogP contribution is 2.39. The third-order valence-electron chi connectivity index (χ3n) is 6.87. The van der Waals surface area contributed by atoms with Crippen LogP contribution in [0.3, 0.4) is 0 Å². The zero-order valence-corrected chi connectivity index (χ0v) is 21.0. The minimum absolute atomic E-state index is 0.386. The van der Waals surface area contributed by atoms with E-state index in [0.717, 1.165) is 22.8 Å². The zero-order valence-electron chi connectivity index (χ0n) is 21.0. The van der Waals surface area contributed by atoms with Crippen LogP contribution in [0.25, 0.3) is 10.8 Å². The van der Waals surface area contributed by atoms with Crippen LogP contribution in [0.15, 0.2) is 82.8 Å². The largest absolute Gasteiger partial charge is 0.246 e. The Morgan fingerprint density at radius 1 is 0.529 bits per heavy atom. The minimum atomic E-state index is 0.386. The van der Waals surface area contributed by atoms with Crippen LogP contribution in [0.2, 0.25) is 0 Å². The highest BCUT2D eigenvalue weighted by molar-refractivity contribution is 6.61. The molecule has 2 heteroatoms. The fourth-order valence-electron chi connectivity index (χ4n) is 5.06. The molecule has 170 valence electrons. The molecule has 0 saturated heterocycles. The van der Waals surface area contributed by atoms with Crippen LogP contribution in [0.5, 0.6) is 0 Å². The monoisotopic (exact) mass is 444 g/mol. The van der Waals surface area contributed by atoms with Gasteiger partial charge < -0.3 is 0 Å². The van der Waals surface area contributed by atoms with Crippen molar-refractivity contribution in [1.29, 1.82) is 0 Å². The topological polar surface area (TPSA) is 24.7 Å². The molecular formula is C32H32N2. The number of hydrogen-bond donors (Lipinski definition) is 0. The van der Waals surface area contributed by atoms with Crippen molar-refractivity contribution in [3.63, 3.8) is 0 Å². The van der Waals surface area contributed by atoms with Gasteiger partial charge in [0.25, 0.3) is 0 Å². The van der Waals surface area contributed by atoms with Crippen molar-refractivity contribution < 1.29 is 0 Å². The lowest BCUT2D eigenvalue weighted by Crippen LogP contribution is -2.11. The number of hydrogen-bond acceptors (Lipinski definition) is 2. The van der Waals surface area contributed by atoms with Gasteiger partial charge in [0.05, 0.1) is 22.8 Å². The molecule has 0 aromatic heterocycles. The van der Waals surface area contributed by atoms with Crippen molar-refractivity contribution in [2.24, 2.45) is 9.98 Å². The number of aliphatic imine (C=N–C) groups is 2. The van der Waals surface area contributed by atoms with E-state index in [2.05, 4.69) is 114 Å². The summed E-state index contributed by atoms with van der Waals surface area (Å²) in [5, 5.41) is 2.48. The Bertz CT molecular complexity index is 1420. The molecule has 0 aliphatic heterocycles. The van der Waals surface area contributed by atoms with E-state index in [1.165, 1.54) is 44.2 Å². The van der Waals surface area contributed by atoms with Crippen molar-refractivity contribution in [2.75, 3.05) is 0 Å². The molecule has 0 spiro atoms. The lowest BCUT2D eigenvalue weighted by atomic mass is 9.92. The molecule has 0 atom stereocenters. The quantitative estimate of drug-likeness (QED) is 0.300. The molecule has 4 aromatic rings. The molecule has 0 bridgehead atoms. The van der Waals surface area contributed by atoms with Gasteiger partial charge in [0.1, 0.15) is 0 Å². The first-order chi connectivity index (χ1) is 16.4. The van der Waals surface area contributed by atoms with Gasteiger partial charge in [-0.2, -0.15) is 0 Å². The highest BCUT2D eigenvalue weighted by atomic mass is 14.8. The maximum atomic E-state index is 5.46. The Kier molecular flexibility index (Phi) is 5.69. The molecule has 0 amide bonds. The number of para-hydroxylation sites is 2. The molecule has 34 heavy (non-hydrogen) atoms. The average Bonchev–Trinajstić information content (AvgIpc) is 3.10. The molecule has 1 aliphatic carbocycles. The van der Waals surface area contributed by atoms with E-state index in [9.17, 15) is 0 Å². The van der Waals surface area contributed by atoms with Crippen LogP contribution in [0, 0.1) is 13.8 Å². The Morgan fingerprint density at radius 3 is 1.47 bits per heavy atom. The number of aryl methyl sites for hydroxylation is 2. The lowest BCUT2D eigenvalue weighted by molar-refractivity contribution is 0.835. The van der Waals surface area contributed by atoms with Crippen molar-refractivity contribution in [3.8, 4) is 0 Å². The summed E-state index contributed by atoms with van der Waals surface area (Å²) in [6.07, 6.45) is 0. The summed E-state index contributed by atoms with van der Waals surface area (Å²) in [6.45, 7) is 13.3. The summed E-state index contributed by atoms with van der Waals surface area (Å²) in [6, 6.07) is 26.0. The second-order valence-corrected chi connectivity index (χ2v) is 9.96. The molecule has 0 saturated carbocycles.